The maximum atomic E-state index is 13.5. The number of halogens is 2. The zero-order chi connectivity index (χ0) is 13.0. The molecule has 0 amide bonds. The molecule has 0 saturated heterocycles. The van der Waals surface area contributed by atoms with Crippen molar-refractivity contribution in [3.63, 3.8) is 0 Å². The second-order valence-corrected chi connectivity index (χ2v) is 3.76. The van der Waals surface area contributed by atoms with Crippen LogP contribution in [0, 0.1) is 11.6 Å². The van der Waals surface area contributed by atoms with E-state index in [4.69, 9.17) is 5.84 Å². The van der Waals surface area contributed by atoms with Crippen LogP contribution < -0.4 is 11.3 Å². The number of hydrogen-bond acceptors (Lipinski definition) is 4. The maximum absolute atomic E-state index is 13.5. The molecule has 0 radical (unpaired) electrons. The van der Waals surface area contributed by atoms with Crippen molar-refractivity contribution in [1.29, 1.82) is 0 Å². The molecule has 1 heterocycles. The lowest BCUT2D eigenvalue weighted by Gasteiger charge is -2.15. The van der Waals surface area contributed by atoms with E-state index in [2.05, 4.69) is 15.4 Å². The molecule has 4 nitrogen and oxygen atoms in total. The first kappa shape index (κ1) is 12.5. The third kappa shape index (κ3) is 2.66. The third-order valence-electron chi connectivity index (χ3n) is 2.63. The van der Waals surface area contributed by atoms with Crippen LogP contribution in [-0.4, -0.2) is 9.97 Å². The lowest BCUT2D eigenvalue weighted by atomic mass is 10.0. The topological polar surface area (TPSA) is 63.8 Å². The molecule has 0 aliphatic heterocycles. The van der Waals surface area contributed by atoms with Crippen LogP contribution in [0.15, 0.2) is 36.8 Å². The van der Waals surface area contributed by atoms with E-state index in [0.29, 0.717) is 5.69 Å². The Balaban J connectivity index is 2.26. The van der Waals surface area contributed by atoms with Crippen LogP contribution in [0.3, 0.4) is 0 Å². The van der Waals surface area contributed by atoms with Crippen molar-refractivity contribution < 1.29 is 8.78 Å². The van der Waals surface area contributed by atoms with Gasteiger partial charge in [0, 0.05) is 18.2 Å². The van der Waals surface area contributed by atoms with Crippen LogP contribution in [0.5, 0.6) is 0 Å². The highest BCUT2D eigenvalue weighted by molar-refractivity contribution is 5.22. The highest BCUT2D eigenvalue weighted by atomic mass is 19.1. The van der Waals surface area contributed by atoms with Gasteiger partial charge in [-0.15, -0.1) is 0 Å². The molecule has 0 aliphatic carbocycles. The van der Waals surface area contributed by atoms with Gasteiger partial charge in [-0.05, 0) is 18.2 Å². The molecule has 0 fully saturated rings. The Morgan fingerprint density at radius 1 is 1.22 bits per heavy atom. The van der Waals surface area contributed by atoms with Crippen molar-refractivity contribution in [2.75, 3.05) is 0 Å². The first-order chi connectivity index (χ1) is 8.72. The van der Waals surface area contributed by atoms with Crippen molar-refractivity contribution >= 4 is 0 Å². The smallest absolute Gasteiger partial charge is 0.129 e. The van der Waals surface area contributed by atoms with E-state index >= 15 is 0 Å². The number of benzene rings is 1. The minimum atomic E-state index is -0.593. The molecule has 0 saturated carbocycles. The summed E-state index contributed by atoms with van der Waals surface area (Å²) in [6.45, 7) is 0. The number of nitrogens with two attached hydrogens (primary N) is 1. The second kappa shape index (κ2) is 5.61. The first-order valence-electron chi connectivity index (χ1n) is 5.37. The predicted octanol–water partition coefficient (Wildman–Crippen LogP) is 1.50. The Labute approximate surface area is 103 Å². The van der Waals surface area contributed by atoms with Gasteiger partial charge in [-0.25, -0.2) is 18.7 Å². The molecule has 18 heavy (non-hydrogen) atoms. The summed E-state index contributed by atoms with van der Waals surface area (Å²) in [5.74, 6) is 4.21. The molecular formula is C12H12F2N4. The minimum absolute atomic E-state index is 0.0148. The quantitative estimate of drug-likeness (QED) is 0.637. The second-order valence-electron chi connectivity index (χ2n) is 3.76. The number of aromatic nitrogens is 2. The molecule has 1 aromatic heterocycles. The Hall–Kier alpha value is -1.92. The molecular weight excluding hydrogens is 238 g/mol. The molecule has 0 spiro atoms. The van der Waals surface area contributed by atoms with Gasteiger partial charge < -0.3 is 0 Å². The van der Waals surface area contributed by atoms with E-state index in [1.807, 2.05) is 0 Å². The van der Waals surface area contributed by atoms with Gasteiger partial charge in [-0.1, -0.05) is 6.07 Å². The fraction of sp³-hybridized carbons (Fsp3) is 0.167. The van der Waals surface area contributed by atoms with Gasteiger partial charge in [0.2, 0.25) is 0 Å². The summed E-state index contributed by atoms with van der Waals surface area (Å²) in [7, 11) is 0. The first-order valence-corrected chi connectivity index (χ1v) is 5.37. The average molecular weight is 250 g/mol. The van der Waals surface area contributed by atoms with E-state index in [0.717, 1.165) is 0 Å². The summed E-state index contributed by atoms with van der Waals surface area (Å²) in [5, 5.41) is 0. The van der Waals surface area contributed by atoms with Crippen molar-refractivity contribution in [1.82, 2.24) is 15.4 Å². The van der Waals surface area contributed by atoms with Crippen molar-refractivity contribution in [3.05, 3.63) is 59.7 Å². The Bertz CT molecular complexity index is 498. The molecule has 2 aromatic rings. The molecule has 0 bridgehead atoms. The third-order valence-corrected chi connectivity index (χ3v) is 2.63. The van der Waals surface area contributed by atoms with Crippen molar-refractivity contribution in [3.8, 4) is 0 Å². The lowest BCUT2D eigenvalue weighted by molar-refractivity contribution is 0.492. The molecule has 1 unspecified atom stereocenters. The van der Waals surface area contributed by atoms with Gasteiger partial charge in [0.25, 0.3) is 0 Å². The standard InChI is InChI=1S/C12H12F2N4/c13-9-2-1-3-10(14)8(9)6-12(18-15)11-4-5-16-7-17-11/h1-5,7,12,18H,6,15H2. The summed E-state index contributed by atoms with van der Waals surface area (Å²) in [6, 6.07) is 4.92. The van der Waals surface area contributed by atoms with E-state index < -0.39 is 17.7 Å². The predicted molar refractivity (Wildman–Crippen MR) is 62.2 cm³/mol. The fourth-order valence-corrected chi connectivity index (χ4v) is 1.69. The molecule has 0 aliphatic rings. The largest absolute Gasteiger partial charge is 0.271 e. The van der Waals surface area contributed by atoms with Gasteiger partial charge >= 0.3 is 0 Å². The normalized spacial score (nSPS) is 12.4. The average Bonchev–Trinajstić information content (AvgIpc) is 2.40. The summed E-state index contributed by atoms with van der Waals surface area (Å²) in [4.78, 5) is 7.78. The number of rotatable bonds is 4. The van der Waals surface area contributed by atoms with Crippen molar-refractivity contribution in [2.45, 2.75) is 12.5 Å². The molecule has 1 atom stereocenters. The number of nitrogens with one attached hydrogen (secondary N) is 1. The van der Waals surface area contributed by atoms with Crippen LogP contribution in [-0.2, 0) is 6.42 Å². The van der Waals surface area contributed by atoms with Gasteiger partial charge in [0.05, 0.1) is 11.7 Å². The SMILES string of the molecule is NNC(Cc1c(F)cccc1F)c1ccncn1. The number of hydrazine groups is 1. The Morgan fingerprint density at radius 2 is 1.94 bits per heavy atom. The Morgan fingerprint density at radius 3 is 2.50 bits per heavy atom. The van der Waals surface area contributed by atoms with E-state index in [1.54, 1.807) is 12.3 Å². The monoisotopic (exact) mass is 250 g/mol. The molecule has 2 rings (SSSR count). The number of nitrogens with zero attached hydrogens (tertiary/aromatic N) is 2. The number of hydrogen-bond donors (Lipinski definition) is 2. The van der Waals surface area contributed by atoms with E-state index in [1.165, 1.54) is 24.5 Å². The van der Waals surface area contributed by atoms with Gasteiger partial charge in [0.15, 0.2) is 0 Å². The van der Waals surface area contributed by atoms with E-state index in [-0.39, 0.29) is 12.0 Å². The van der Waals surface area contributed by atoms with Crippen molar-refractivity contribution in [2.24, 2.45) is 5.84 Å². The zero-order valence-corrected chi connectivity index (χ0v) is 9.48. The van der Waals surface area contributed by atoms with E-state index in [9.17, 15) is 8.78 Å². The van der Waals surface area contributed by atoms with Crippen LogP contribution >= 0.6 is 0 Å². The summed E-state index contributed by atoms with van der Waals surface area (Å²) in [5.41, 5.74) is 3.06. The molecule has 1 aromatic carbocycles. The molecule has 3 N–H and O–H groups in total. The van der Waals surface area contributed by atoms with Crippen LogP contribution in [0.25, 0.3) is 0 Å². The molecule has 6 heteroatoms. The highest BCUT2D eigenvalue weighted by Gasteiger charge is 2.17. The summed E-state index contributed by atoms with van der Waals surface area (Å²) >= 11 is 0. The van der Waals surface area contributed by atoms with Gasteiger partial charge in [-0.2, -0.15) is 0 Å². The van der Waals surface area contributed by atoms with Crippen LogP contribution in [0.2, 0.25) is 0 Å². The summed E-state index contributed by atoms with van der Waals surface area (Å²) < 4.78 is 27.0. The summed E-state index contributed by atoms with van der Waals surface area (Å²) in [6.07, 6.45) is 2.98. The lowest BCUT2D eigenvalue weighted by Crippen LogP contribution is -2.30. The Kier molecular flexibility index (Phi) is 3.91. The van der Waals surface area contributed by atoms with Gasteiger partial charge in [0.1, 0.15) is 18.0 Å². The highest BCUT2D eigenvalue weighted by Crippen LogP contribution is 2.20. The van der Waals surface area contributed by atoms with Crippen LogP contribution in [0.1, 0.15) is 17.3 Å². The fourth-order valence-electron chi connectivity index (χ4n) is 1.69. The maximum Gasteiger partial charge on any atom is 0.129 e. The zero-order valence-electron chi connectivity index (χ0n) is 9.48. The van der Waals surface area contributed by atoms with Crippen LogP contribution in [0.4, 0.5) is 8.78 Å². The molecule has 94 valence electrons. The van der Waals surface area contributed by atoms with Gasteiger partial charge in [-0.3, -0.25) is 11.3 Å². The minimum Gasteiger partial charge on any atom is -0.271 e.